The second kappa shape index (κ2) is 8.45. The zero-order valence-electron chi connectivity index (χ0n) is 16.6. The van der Waals surface area contributed by atoms with E-state index in [9.17, 15) is 14.4 Å². The van der Waals surface area contributed by atoms with Gasteiger partial charge >= 0.3 is 5.76 Å². The predicted octanol–water partition coefficient (Wildman–Crippen LogP) is 3.13. The Balaban J connectivity index is 1.45. The maximum absolute atomic E-state index is 12.5. The summed E-state index contributed by atoms with van der Waals surface area (Å²) in [6, 6.07) is 11.9. The maximum atomic E-state index is 12.5. The van der Waals surface area contributed by atoms with Gasteiger partial charge in [0.2, 0.25) is 0 Å². The average Bonchev–Trinajstić information content (AvgIpc) is 3.09. The first kappa shape index (κ1) is 20.4. The van der Waals surface area contributed by atoms with Gasteiger partial charge in [0.1, 0.15) is 0 Å². The van der Waals surface area contributed by atoms with E-state index in [0.717, 1.165) is 12.8 Å². The molecule has 0 atom stereocenters. The lowest BCUT2D eigenvalue weighted by atomic mass is 10.0. The van der Waals surface area contributed by atoms with Gasteiger partial charge in [-0.05, 0) is 55.3 Å². The number of Topliss-reactive ketones (excluding diaryl/α,β-unsaturated/α-hetero) is 1. The van der Waals surface area contributed by atoms with E-state index in [-0.39, 0.29) is 17.7 Å². The molecule has 0 aliphatic carbocycles. The Morgan fingerprint density at radius 3 is 2.43 bits per heavy atom. The largest absolute Gasteiger partial charge is 0.420 e. The summed E-state index contributed by atoms with van der Waals surface area (Å²) in [5.74, 6) is -0.599. The standard InChI is InChI=1S/C22H22ClN3O4/c1-24-21(28)15-4-7-18-20(12-15)30-22(29)26(18)17-8-10-25(11-9-17)13-19(27)14-2-5-16(23)6-3-14/h2-7,12,17H,8-11,13H2,1H3,(H,24,28). The molecule has 4 rings (SSSR count). The van der Waals surface area contributed by atoms with Crippen molar-refractivity contribution in [1.29, 1.82) is 0 Å². The SMILES string of the molecule is CNC(=O)c1ccc2c(c1)oc(=O)n2C1CCN(CC(=O)c2ccc(Cl)cc2)CC1. The van der Waals surface area contributed by atoms with Crippen molar-refractivity contribution in [3.8, 4) is 0 Å². The van der Waals surface area contributed by atoms with E-state index < -0.39 is 5.76 Å². The number of carbonyl (C=O) groups is 2. The first-order chi connectivity index (χ1) is 14.5. The van der Waals surface area contributed by atoms with Crippen molar-refractivity contribution in [3.63, 3.8) is 0 Å². The number of halogens is 1. The van der Waals surface area contributed by atoms with E-state index in [1.54, 1.807) is 54.1 Å². The fourth-order valence-corrected chi connectivity index (χ4v) is 4.06. The van der Waals surface area contributed by atoms with Crippen molar-refractivity contribution in [2.75, 3.05) is 26.7 Å². The predicted molar refractivity (Wildman–Crippen MR) is 114 cm³/mol. The molecule has 0 spiro atoms. The van der Waals surface area contributed by atoms with Crippen LogP contribution in [0.1, 0.15) is 39.6 Å². The molecule has 1 amide bonds. The molecule has 0 radical (unpaired) electrons. The third-order valence-corrected chi connectivity index (χ3v) is 5.81. The summed E-state index contributed by atoms with van der Waals surface area (Å²) in [6.45, 7) is 1.75. The smallest absolute Gasteiger partial charge is 0.408 e. The van der Waals surface area contributed by atoms with Gasteiger partial charge in [0.25, 0.3) is 5.91 Å². The summed E-state index contributed by atoms with van der Waals surface area (Å²) in [5.41, 5.74) is 2.18. The van der Waals surface area contributed by atoms with Crippen molar-refractivity contribution in [3.05, 3.63) is 69.2 Å². The van der Waals surface area contributed by atoms with Gasteiger partial charge in [-0.15, -0.1) is 0 Å². The minimum Gasteiger partial charge on any atom is -0.408 e. The van der Waals surface area contributed by atoms with Crippen LogP contribution in [-0.2, 0) is 0 Å². The molecule has 156 valence electrons. The molecule has 2 heterocycles. The summed E-state index contributed by atoms with van der Waals surface area (Å²) in [5, 5.41) is 3.16. The van der Waals surface area contributed by atoms with Crippen molar-refractivity contribution in [2.45, 2.75) is 18.9 Å². The van der Waals surface area contributed by atoms with E-state index in [1.807, 2.05) is 0 Å². The number of nitrogens with zero attached hydrogens (tertiary/aromatic N) is 2. The highest BCUT2D eigenvalue weighted by Gasteiger charge is 2.26. The molecule has 2 aromatic carbocycles. The van der Waals surface area contributed by atoms with Gasteiger partial charge in [-0.3, -0.25) is 19.1 Å². The molecule has 8 heteroatoms. The molecule has 1 N–H and O–H groups in total. The first-order valence-corrected chi connectivity index (χ1v) is 10.2. The molecule has 0 bridgehead atoms. The third-order valence-electron chi connectivity index (χ3n) is 5.56. The number of nitrogens with one attached hydrogen (secondary N) is 1. The quantitative estimate of drug-likeness (QED) is 0.632. The Morgan fingerprint density at radius 1 is 1.10 bits per heavy atom. The molecule has 1 saturated heterocycles. The van der Waals surface area contributed by atoms with E-state index in [4.69, 9.17) is 16.0 Å². The molecule has 0 unspecified atom stereocenters. The van der Waals surface area contributed by atoms with Gasteiger partial charge < -0.3 is 9.73 Å². The number of likely N-dealkylation sites (tertiary alicyclic amines) is 1. The average molecular weight is 428 g/mol. The van der Waals surface area contributed by atoms with Gasteiger partial charge in [-0.1, -0.05) is 11.6 Å². The van der Waals surface area contributed by atoms with Crippen LogP contribution in [0.15, 0.2) is 51.7 Å². The van der Waals surface area contributed by atoms with E-state index >= 15 is 0 Å². The molecule has 30 heavy (non-hydrogen) atoms. The number of piperidine rings is 1. The van der Waals surface area contributed by atoms with Gasteiger partial charge in [0.05, 0.1) is 12.1 Å². The number of aromatic nitrogens is 1. The highest BCUT2D eigenvalue weighted by molar-refractivity contribution is 6.30. The minimum absolute atomic E-state index is 0.00788. The Labute approximate surface area is 178 Å². The fourth-order valence-electron chi connectivity index (χ4n) is 3.93. The fraction of sp³-hybridized carbons (Fsp3) is 0.318. The molecule has 7 nitrogen and oxygen atoms in total. The van der Waals surface area contributed by atoms with Gasteiger partial charge in [0, 0.05) is 42.3 Å². The first-order valence-electron chi connectivity index (χ1n) is 9.84. The van der Waals surface area contributed by atoms with E-state index in [0.29, 0.717) is 46.9 Å². The van der Waals surface area contributed by atoms with Gasteiger partial charge in [0.15, 0.2) is 11.4 Å². The molecule has 1 aliphatic rings. The highest BCUT2D eigenvalue weighted by Crippen LogP contribution is 2.26. The maximum Gasteiger partial charge on any atom is 0.420 e. The van der Waals surface area contributed by atoms with Crippen molar-refractivity contribution >= 4 is 34.4 Å². The molecular weight excluding hydrogens is 406 g/mol. The minimum atomic E-state index is -0.422. The Morgan fingerprint density at radius 2 is 1.77 bits per heavy atom. The second-order valence-electron chi connectivity index (χ2n) is 7.44. The number of hydrogen-bond donors (Lipinski definition) is 1. The number of ketones is 1. The summed E-state index contributed by atoms with van der Waals surface area (Å²) >= 11 is 5.88. The number of amides is 1. The molecular formula is C22H22ClN3O4. The van der Waals surface area contributed by atoms with Crippen molar-refractivity contribution in [1.82, 2.24) is 14.8 Å². The summed E-state index contributed by atoms with van der Waals surface area (Å²) in [7, 11) is 1.55. The Bertz CT molecular complexity index is 1140. The number of hydrogen-bond acceptors (Lipinski definition) is 5. The van der Waals surface area contributed by atoms with Crippen molar-refractivity contribution < 1.29 is 14.0 Å². The highest BCUT2D eigenvalue weighted by atomic mass is 35.5. The van der Waals surface area contributed by atoms with Crippen LogP contribution in [0.25, 0.3) is 11.1 Å². The zero-order chi connectivity index (χ0) is 21.3. The van der Waals surface area contributed by atoms with Gasteiger partial charge in [-0.2, -0.15) is 0 Å². The zero-order valence-corrected chi connectivity index (χ0v) is 17.3. The van der Waals surface area contributed by atoms with E-state index in [2.05, 4.69) is 10.2 Å². The van der Waals surface area contributed by atoms with Crippen LogP contribution in [0, 0.1) is 0 Å². The lowest BCUT2D eigenvalue weighted by Crippen LogP contribution is -2.39. The number of benzene rings is 2. The van der Waals surface area contributed by atoms with Crippen LogP contribution in [0.2, 0.25) is 5.02 Å². The Kier molecular flexibility index (Phi) is 5.74. The molecule has 1 aromatic heterocycles. The van der Waals surface area contributed by atoms with Gasteiger partial charge in [-0.25, -0.2) is 4.79 Å². The number of rotatable bonds is 5. The number of carbonyl (C=O) groups excluding carboxylic acids is 2. The lowest BCUT2D eigenvalue weighted by Gasteiger charge is -2.31. The van der Waals surface area contributed by atoms with Crippen LogP contribution in [-0.4, -0.2) is 47.8 Å². The van der Waals surface area contributed by atoms with Crippen LogP contribution < -0.4 is 11.1 Å². The van der Waals surface area contributed by atoms with Crippen LogP contribution in [0.4, 0.5) is 0 Å². The topological polar surface area (TPSA) is 84.6 Å². The van der Waals surface area contributed by atoms with Crippen LogP contribution in [0.5, 0.6) is 0 Å². The third kappa shape index (κ3) is 4.04. The summed E-state index contributed by atoms with van der Waals surface area (Å²) in [6.07, 6.45) is 1.47. The molecule has 3 aromatic rings. The van der Waals surface area contributed by atoms with Crippen molar-refractivity contribution in [2.24, 2.45) is 0 Å². The Hall–Kier alpha value is -2.90. The monoisotopic (exact) mass is 427 g/mol. The van der Waals surface area contributed by atoms with Crippen LogP contribution in [0.3, 0.4) is 0 Å². The molecule has 1 aliphatic heterocycles. The number of fused-ring (bicyclic) bond motifs is 1. The normalized spacial score (nSPS) is 15.4. The summed E-state index contributed by atoms with van der Waals surface area (Å²) < 4.78 is 7.06. The summed E-state index contributed by atoms with van der Waals surface area (Å²) in [4.78, 5) is 38.9. The number of oxazole rings is 1. The lowest BCUT2D eigenvalue weighted by molar-refractivity contribution is 0.0896. The molecule has 1 fully saturated rings. The molecule has 0 saturated carbocycles. The van der Waals surface area contributed by atoms with E-state index in [1.165, 1.54) is 0 Å². The second-order valence-corrected chi connectivity index (χ2v) is 7.87. The van der Waals surface area contributed by atoms with Crippen LogP contribution >= 0.6 is 11.6 Å².